The molecule has 1 aliphatic rings. The standard InChI is InChI=1S/C22H17BN2/c1-2-6-19-15-16(11-12-17(19)5-1)13-14-23-24-20-9-3-7-18-8-4-10-21(25-23)22(18)20/h1-15,24-25H/b14-13-. The molecule has 3 heteroatoms. The van der Waals surface area contributed by atoms with Crippen molar-refractivity contribution < 1.29 is 0 Å². The van der Waals surface area contributed by atoms with Crippen LogP contribution in [0.4, 0.5) is 11.4 Å². The number of fused-ring (bicyclic) bond motifs is 1. The Kier molecular flexibility index (Phi) is 3.24. The van der Waals surface area contributed by atoms with Crippen LogP contribution in [0.25, 0.3) is 27.6 Å². The van der Waals surface area contributed by atoms with E-state index in [4.69, 9.17) is 0 Å². The van der Waals surface area contributed by atoms with Gasteiger partial charge in [0.2, 0.25) is 0 Å². The lowest BCUT2D eigenvalue weighted by Crippen LogP contribution is -2.35. The van der Waals surface area contributed by atoms with Gasteiger partial charge in [0, 0.05) is 16.8 Å². The van der Waals surface area contributed by atoms with Crippen LogP contribution in [0, 0.1) is 0 Å². The molecule has 118 valence electrons. The molecule has 1 aliphatic heterocycles. The summed E-state index contributed by atoms with van der Waals surface area (Å²) in [7, 11) is 0. The van der Waals surface area contributed by atoms with Crippen molar-refractivity contribution in [3.05, 3.63) is 90.4 Å². The van der Waals surface area contributed by atoms with Gasteiger partial charge >= 0.3 is 6.98 Å². The maximum Gasteiger partial charge on any atom is 0.398 e. The largest absolute Gasteiger partial charge is 0.405 e. The van der Waals surface area contributed by atoms with Crippen LogP contribution in [0.5, 0.6) is 0 Å². The number of anilines is 2. The molecule has 5 rings (SSSR count). The van der Waals surface area contributed by atoms with Crippen LogP contribution in [0.3, 0.4) is 0 Å². The van der Waals surface area contributed by atoms with Crippen molar-refractivity contribution >= 4 is 46.0 Å². The molecule has 0 fully saturated rings. The average Bonchev–Trinajstić information content (AvgIpc) is 2.67. The lowest BCUT2D eigenvalue weighted by molar-refractivity contribution is 1.61. The summed E-state index contributed by atoms with van der Waals surface area (Å²) >= 11 is 0. The van der Waals surface area contributed by atoms with Crippen molar-refractivity contribution in [3.63, 3.8) is 0 Å². The Labute approximate surface area is 147 Å². The zero-order chi connectivity index (χ0) is 16.6. The molecule has 4 aromatic carbocycles. The van der Waals surface area contributed by atoms with Crippen LogP contribution < -0.4 is 10.5 Å². The molecule has 0 spiro atoms. The molecule has 0 saturated heterocycles. The summed E-state index contributed by atoms with van der Waals surface area (Å²) in [6, 6.07) is 27.8. The minimum absolute atomic E-state index is 0.0759. The van der Waals surface area contributed by atoms with Crippen LogP contribution in [-0.4, -0.2) is 6.98 Å². The molecule has 0 atom stereocenters. The second kappa shape index (κ2) is 5.71. The fraction of sp³-hybridized carbons (Fsp3) is 0. The van der Waals surface area contributed by atoms with E-state index in [0.717, 1.165) is 0 Å². The third kappa shape index (κ3) is 2.54. The Balaban J connectivity index is 1.45. The predicted octanol–water partition coefficient (Wildman–Crippen LogP) is 5.57. The summed E-state index contributed by atoms with van der Waals surface area (Å²) < 4.78 is 0. The van der Waals surface area contributed by atoms with Crippen molar-refractivity contribution in [1.29, 1.82) is 0 Å². The molecule has 0 saturated carbocycles. The van der Waals surface area contributed by atoms with Gasteiger partial charge in [-0.05, 0) is 39.9 Å². The third-order valence-electron chi connectivity index (χ3n) is 4.78. The van der Waals surface area contributed by atoms with Gasteiger partial charge in [0.25, 0.3) is 0 Å². The van der Waals surface area contributed by atoms with E-state index in [1.807, 2.05) is 0 Å². The summed E-state index contributed by atoms with van der Waals surface area (Å²) in [5, 5.41) is 12.2. The van der Waals surface area contributed by atoms with Crippen LogP contribution >= 0.6 is 0 Å². The zero-order valence-electron chi connectivity index (χ0n) is 13.7. The van der Waals surface area contributed by atoms with Gasteiger partial charge in [0.1, 0.15) is 0 Å². The molecule has 1 heterocycles. The predicted molar refractivity (Wildman–Crippen MR) is 110 cm³/mol. The zero-order valence-corrected chi connectivity index (χ0v) is 13.7. The van der Waals surface area contributed by atoms with E-state index in [-0.39, 0.29) is 6.98 Å². The maximum atomic E-state index is 3.57. The van der Waals surface area contributed by atoms with Crippen LogP contribution in [0.15, 0.2) is 84.8 Å². The highest BCUT2D eigenvalue weighted by molar-refractivity contribution is 6.73. The normalized spacial score (nSPS) is 13.2. The highest BCUT2D eigenvalue weighted by Gasteiger charge is 2.20. The SMILES string of the molecule is C(=C/c1ccc2ccccc2c1)/B1Nc2cccc3cccc(c23)N1. The molecule has 0 amide bonds. The molecule has 2 nitrogen and oxygen atoms in total. The fourth-order valence-electron chi connectivity index (χ4n) is 3.57. The number of rotatable bonds is 2. The lowest BCUT2D eigenvalue weighted by Gasteiger charge is -2.24. The third-order valence-corrected chi connectivity index (χ3v) is 4.78. The summed E-state index contributed by atoms with van der Waals surface area (Å²) in [5.74, 6) is 2.18. The topological polar surface area (TPSA) is 24.1 Å². The Morgan fingerprint density at radius 2 is 1.32 bits per heavy atom. The number of nitrogens with one attached hydrogen (secondary N) is 2. The van der Waals surface area contributed by atoms with Crippen LogP contribution in [0.2, 0.25) is 0 Å². The first-order valence-corrected chi connectivity index (χ1v) is 8.59. The summed E-state index contributed by atoms with van der Waals surface area (Å²) in [6.45, 7) is 0.0759. The first kappa shape index (κ1) is 14.2. The van der Waals surface area contributed by atoms with Gasteiger partial charge in [-0.1, -0.05) is 72.7 Å². The Morgan fingerprint density at radius 3 is 2.08 bits per heavy atom. The molecular weight excluding hydrogens is 303 g/mol. The van der Waals surface area contributed by atoms with E-state index in [1.165, 1.54) is 38.5 Å². The highest BCUT2D eigenvalue weighted by Crippen LogP contribution is 2.34. The van der Waals surface area contributed by atoms with Crippen LogP contribution in [0.1, 0.15) is 5.56 Å². The smallest absolute Gasteiger partial charge is 0.398 e. The summed E-state index contributed by atoms with van der Waals surface area (Å²) in [6.07, 6.45) is 2.17. The van der Waals surface area contributed by atoms with Gasteiger partial charge in [-0.25, -0.2) is 0 Å². The quantitative estimate of drug-likeness (QED) is 0.472. The molecule has 25 heavy (non-hydrogen) atoms. The maximum absolute atomic E-state index is 3.57. The summed E-state index contributed by atoms with van der Waals surface area (Å²) in [4.78, 5) is 0. The van der Waals surface area contributed by atoms with Crippen molar-refractivity contribution in [1.82, 2.24) is 0 Å². The molecule has 0 aromatic heterocycles. The van der Waals surface area contributed by atoms with Gasteiger partial charge in [0.05, 0.1) is 0 Å². The van der Waals surface area contributed by atoms with E-state index in [0.29, 0.717) is 0 Å². The van der Waals surface area contributed by atoms with Crippen LogP contribution in [-0.2, 0) is 0 Å². The Hall–Kier alpha value is -3.20. The van der Waals surface area contributed by atoms with Gasteiger partial charge in [-0.3, -0.25) is 0 Å². The molecule has 4 aromatic rings. The number of benzene rings is 4. The second-order valence-corrected chi connectivity index (χ2v) is 6.44. The van der Waals surface area contributed by atoms with E-state index < -0.39 is 0 Å². The Morgan fingerprint density at radius 1 is 0.640 bits per heavy atom. The van der Waals surface area contributed by atoms with E-state index in [9.17, 15) is 0 Å². The molecule has 0 aliphatic carbocycles. The van der Waals surface area contributed by atoms with Gasteiger partial charge in [-0.15, -0.1) is 0 Å². The molecule has 0 unspecified atom stereocenters. The number of hydrogen-bond acceptors (Lipinski definition) is 2. The molecule has 0 bridgehead atoms. The van der Waals surface area contributed by atoms with Gasteiger partial charge in [-0.2, -0.15) is 0 Å². The molecule has 0 radical (unpaired) electrons. The first-order valence-electron chi connectivity index (χ1n) is 8.59. The lowest BCUT2D eigenvalue weighted by atomic mass is 9.73. The Bertz CT molecular complexity index is 1080. The monoisotopic (exact) mass is 320 g/mol. The minimum atomic E-state index is 0.0759. The van der Waals surface area contributed by atoms with Crippen molar-refractivity contribution in [2.24, 2.45) is 0 Å². The average molecular weight is 320 g/mol. The van der Waals surface area contributed by atoms with Gasteiger partial charge in [0.15, 0.2) is 0 Å². The van der Waals surface area contributed by atoms with Crippen molar-refractivity contribution in [2.75, 3.05) is 10.5 Å². The molecule has 2 N–H and O–H groups in total. The number of hydrogen-bond donors (Lipinski definition) is 2. The van der Waals surface area contributed by atoms with E-state index in [1.54, 1.807) is 0 Å². The highest BCUT2D eigenvalue weighted by atomic mass is 15.0. The second-order valence-electron chi connectivity index (χ2n) is 6.44. The van der Waals surface area contributed by atoms with E-state index in [2.05, 4.69) is 101 Å². The van der Waals surface area contributed by atoms with E-state index >= 15 is 0 Å². The first-order chi connectivity index (χ1) is 12.4. The minimum Gasteiger partial charge on any atom is -0.405 e. The summed E-state index contributed by atoms with van der Waals surface area (Å²) in [5.41, 5.74) is 3.57. The fourth-order valence-corrected chi connectivity index (χ4v) is 3.57. The van der Waals surface area contributed by atoms with Crippen molar-refractivity contribution in [3.8, 4) is 0 Å². The van der Waals surface area contributed by atoms with Crippen molar-refractivity contribution in [2.45, 2.75) is 0 Å². The molecular formula is C22H17BN2. The van der Waals surface area contributed by atoms with Gasteiger partial charge < -0.3 is 10.5 Å².